The molecule has 20 heavy (non-hydrogen) atoms. The Labute approximate surface area is 142 Å². The van der Waals surface area contributed by atoms with Crippen molar-refractivity contribution >= 4 is 57.1 Å². The van der Waals surface area contributed by atoms with E-state index in [0.717, 1.165) is 0 Å². The van der Waals surface area contributed by atoms with Gasteiger partial charge < -0.3 is 9.47 Å². The highest BCUT2D eigenvalue weighted by molar-refractivity contribution is 14.1. The molecule has 0 aromatic carbocycles. The largest absolute Gasteiger partial charge is 0.460 e. The Morgan fingerprint density at radius 1 is 0.750 bits per heavy atom. The molecule has 8 fully saturated rings. The number of carbonyl (C=O) groups is 2. The van der Waals surface area contributed by atoms with E-state index in [-0.39, 0.29) is 24.1 Å². The van der Waals surface area contributed by atoms with Gasteiger partial charge in [-0.3, -0.25) is 9.59 Å². The summed E-state index contributed by atoms with van der Waals surface area (Å²) in [6.07, 6.45) is 0.149. The molecule has 8 rings (SSSR count). The smallest absolute Gasteiger partial charge is 0.314 e. The molecule has 8 bridgehead atoms. The molecule has 6 saturated carbocycles. The van der Waals surface area contributed by atoms with Crippen molar-refractivity contribution in [1.82, 2.24) is 0 Å². The first-order chi connectivity index (χ1) is 9.59. The Morgan fingerprint density at radius 2 is 1.15 bits per heavy atom. The number of hydrogen-bond donors (Lipinski definition) is 0. The molecular formula is C14H10I2O4. The normalized spacial score (nSPS) is 78.9. The number of ether oxygens (including phenoxy) is 2. The molecule has 6 heteroatoms. The van der Waals surface area contributed by atoms with E-state index < -0.39 is 10.8 Å². The van der Waals surface area contributed by atoms with Gasteiger partial charge in [-0.15, -0.1) is 0 Å². The van der Waals surface area contributed by atoms with Crippen LogP contribution in [-0.4, -0.2) is 32.0 Å². The lowest BCUT2D eigenvalue weighted by molar-refractivity contribution is -0.165. The predicted octanol–water partition coefficient (Wildman–Crippen LogP) is 1.18. The maximum Gasteiger partial charge on any atom is 0.314 e. The molecule has 4 nitrogen and oxygen atoms in total. The molecule has 2 spiro atoms. The van der Waals surface area contributed by atoms with E-state index >= 15 is 0 Å². The molecule has 2 saturated heterocycles. The second kappa shape index (κ2) is 2.59. The van der Waals surface area contributed by atoms with E-state index in [0.29, 0.717) is 43.4 Å². The zero-order valence-electron chi connectivity index (χ0n) is 10.2. The molecule has 0 aromatic rings. The van der Waals surface area contributed by atoms with Crippen LogP contribution in [0.5, 0.6) is 0 Å². The molecule has 0 radical (unpaired) electrons. The summed E-state index contributed by atoms with van der Waals surface area (Å²) in [5.41, 5.74) is -0.972. The summed E-state index contributed by atoms with van der Waals surface area (Å²) < 4.78 is 12.2. The van der Waals surface area contributed by atoms with Gasteiger partial charge in [-0.2, -0.15) is 0 Å². The number of alkyl halides is 2. The van der Waals surface area contributed by atoms with Gasteiger partial charge in [0.1, 0.15) is 12.2 Å². The van der Waals surface area contributed by atoms with Crippen LogP contribution in [0.2, 0.25) is 0 Å². The van der Waals surface area contributed by atoms with Crippen LogP contribution in [0.1, 0.15) is 0 Å². The summed E-state index contributed by atoms with van der Waals surface area (Å²) in [6.45, 7) is 0. The number of carbonyl (C=O) groups excluding carboxylic acids is 2. The summed E-state index contributed by atoms with van der Waals surface area (Å²) in [7, 11) is 0. The van der Waals surface area contributed by atoms with E-state index in [4.69, 9.17) is 9.47 Å². The maximum atomic E-state index is 12.9. The molecule has 0 aromatic heterocycles. The number of rotatable bonds is 0. The van der Waals surface area contributed by atoms with Crippen molar-refractivity contribution in [3.05, 3.63) is 0 Å². The van der Waals surface area contributed by atoms with E-state index in [9.17, 15) is 9.59 Å². The standard InChI is InChI=1S/C14H10I2O4/c15-7-3-1-2-4-8(16)10-6(2)13(3,11(17)20-10)14(4)5(1)9(7)19-12(14)18/h1-10H/t1-,2+,3-,4+,5-,6+,7-,8+,9+,10-,13-,14+. The summed E-state index contributed by atoms with van der Waals surface area (Å²) >= 11 is 4.88. The molecule has 0 amide bonds. The maximum absolute atomic E-state index is 12.9. The van der Waals surface area contributed by atoms with Gasteiger partial charge in [-0.1, -0.05) is 45.2 Å². The van der Waals surface area contributed by atoms with E-state index in [2.05, 4.69) is 45.2 Å². The number of hydrogen-bond acceptors (Lipinski definition) is 4. The van der Waals surface area contributed by atoms with Crippen molar-refractivity contribution in [2.45, 2.75) is 20.1 Å². The topological polar surface area (TPSA) is 52.6 Å². The fraction of sp³-hybridized carbons (Fsp3) is 0.857. The van der Waals surface area contributed by atoms with E-state index in [1.807, 2.05) is 0 Å². The molecule has 8 aliphatic rings. The first-order valence-corrected chi connectivity index (χ1v) is 9.79. The van der Waals surface area contributed by atoms with Crippen LogP contribution in [0.15, 0.2) is 0 Å². The molecule has 2 aliphatic heterocycles. The number of esters is 2. The molecule has 0 N–H and O–H groups in total. The van der Waals surface area contributed by atoms with Crippen LogP contribution in [0.4, 0.5) is 0 Å². The molecule has 0 unspecified atom stereocenters. The zero-order chi connectivity index (χ0) is 13.3. The Morgan fingerprint density at radius 3 is 1.55 bits per heavy atom. The minimum Gasteiger partial charge on any atom is -0.460 e. The van der Waals surface area contributed by atoms with Gasteiger partial charge in [0.2, 0.25) is 0 Å². The fourth-order valence-corrected chi connectivity index (χ4v) is 11.7. The second-order valence-corrected chi connectivity index (χ2v) is 10.5. The Kier molecular flexibility index (Phi) is 1.42. The highest BCUT2D eigenvalue weighted by Gasteiger charge is 3.05. The number of halogens is 2. The molecule has 6 aliphatic carbocycles. The van der Waals surface area contributed by atoms with Gasteiger partial charge >= 0.3 is 11.9 Å². The molecule has 12 atom stereocenters. The third-order valence-corrected chi connectivity index (χ3v) is 11.0. The van der Waals surface area contributed by atoms with Crippen LogP contribution in [0.3, 0.4) is 0 Å². The lowest BCUT2D eigenvalue weighted by Crippen LogP contribution is -2.59. The third kappa shape index (κ3) is 0.587. The summed E-state index contributed by atoms with van der Waals surface area (Å²) in [5, 5.41) is 0. The van der Waals surface area contributed by atoms with Crippen LogP contribution in [0.25, 0.3) is 0 Å². The van der Waals surface area contributed by atoms with Crippen molar-refractivity contribution < 1.29 is 19.1 Å². The van der Waals surface area contributed by atoms with Crippen molar-refractivity contribution in [2.75, 3.05) is 0 Å². The second-order valence-electron chi connectivity index (χ2n) is 7.62. The average Bonchev–Trinajstić information content (AvgIpc) is 3.16. The van der Waals surface area contributed by atoms with Crippen molar-refractivity contribution in [2.24, 2.45) is 46.3 Å². The van der Waals surface area contributed by atoms with Crippen molar-refractivity contribution in [1.29, 1.82) is 0 Å². The van der Waals surface area contributed by atoms with Gasteiger partial charge in [-0.05, 0) is 23.7 Å². The zero-order valence-corrected chi connectivity index (χ0v) is 14.5. The van der Waals surface area contributed by atoms with Crippen LogP contribution in [-0.2, 0) is 19.1 Å². The quantitative estimate of drug-likeness (QED) is 0.288. The summed E-state index contributed by atoms with van der Waals surface area (Å²) in [4.78, 5) is 25.8. The first-order valence-electron chi connectivity index (χ1n) is 7.30. The van der Waals surface area contributed by atoms with Gasteiger partial charge in [0.15, 0.2) is 0 Å². The Balaban J connectivity index is 1.68. The highest BCUT2D eigenvalue weighted by Crippen LogP contribution is 2.97. The molecule has 2 heterocycles. The van der Waals surface area contributed by atoms with Gasteiger partial charge in [0.25, 0.3) is 0 Å². The third-order valence-electron chi connectivity index (χ3n) is 8.07. The Hall–Kier alpha value is 0.400. The van der Waals surface area contributed by atoms with Crippen molar-refractivity contribution in [3.8, 4) is 0 Å². The van der Waals surface area contributed by atoms with Gasteiger partial charge in [-0.25, -0.2) is 0 Å². The lowest BCUT2D eigenvalue weighted by atomic mass is 9.51. The van der Waals surface area contributed by atoms with Gasteiger partial charge in [0, 0.05) is 11.8 Å². The molecule has 104 valence electrons. The molecular weight excluding hydrogens is 486 g/mol. The first kappa shape index (κ1) is 11.0. The highest BCUT2D eigenvalue weighted by atomic mass is 127. The Bertz CT molecular complexity index is 610. The van der Waals surface area contributed by atoms with Gasteiger partial charge in [0.05, 0.1) is 18.7 Å². The predicted molar refractivity (Wildman–Crippen MR) is 81.2 cm³/mol. The minimum absolute atomic E-state index is 0.0480. The van der Waals surface area contributed by atoms with Crippen LogP contribution in [0, 0.1) is 46.3 Å². The van der Waals surface area contributed by atoms with Crippen molar-refractivity contribution in [3.63, 3.8) is 0 Å². The van der Waals surface area contributed by atoms with Crippen LogP contribution < -0.4 is 0 Å². The van der Waals surface area contributed by atoms with E-state index in [1.54, 1.807) is 0 Å². The lowest BCUT2D eigenvalue weighted by Gasteiger charge is -2.46. The van der Waals surface area contributed by atoms with E-state index in [1.165, 1.54) is 0 Å². The van der Waals surface area contributed by atoms with Crippen LogP contribution >= 0.6 is 45.2 Å². The average molecular weight is 496 g/mol. The summed E-state index contributed by atoms with van der Waals surface area (Å²) in [5.74, 6) is 2.33. The fourth-order valence-electron chi connectivity index (χ4n) is 8.46. The summed E-state index contributed by atoms with van der Waals surface area (Å²) in [6, 6.07) is 0. The minimum atomic E-state index is -0.486. The SMILES string of the molecule is O=C1O[C@H]2[C@@H](I)[C@@H]3[C@@H]4[C@@H]5[C@@H]6[C@@H](I)[C@H]7OC(=O)[C@]3([C@@H]75)[C@]16[C@H]24. The monoisotopic (exact) mass is 496 g/mol.